The summed E-state index contributed by atoms with van der Waals surface area (Å²) < 4.78 is 28.0. The molecule has 2 heterocycles. The lowest BCUT2D eigenvalue weighted by Crippen LogP contribution is -2.49. The van der Waals surface area contributed by atoms with E-state index in [1.165, 1.54) is 13.0 Å². The summed E-state index contributed by atoms with van der Waals surface area (Å²) in [6.07, 6.45) is 3.31. The van der Waals surface area contributed by atoms with Crippen LogP contribution in [0.3, 0.4) is 0 Å². The first-order valence-electron chi connectivity index (χ1n) is 8.99. The first-order chi connectivity index (χ1) is 13.5. The molecule has 0 radical (unpaired) electrons. The Kier molecular flexibility index (Phi) is 6.13. The van der Waals surface area contributed by atoms with Gasteiger partial charge < -0.3 is 14.7 Å². The first kappa shape index (κ1) is 19.7. The topological polar surface area (TPSA) is 69.6 Å². The number of hydrogen-bond acceptors (Lipinski definition) is 5. The van der Waals surface area contributed by atoms with Crippen LogP contribution in [0.25, 0.3) is 0 Å². The van der Waals surface area contributed by atoms with Crippen molar-refractivity contribution in [3.05, 3.63) is 48.3 Å². The largest absolute Gasteiger partial charge is 0.339 e. The van der Waals surface area contributed by atoms with Gasteiger partial charge in [-0.15, -0.1) is 0 Å². The highest BCUT2D eigenvalue weighted by molar-refractivity contribution is 5.92. The number of amides is 2. The van der Waals surface area contributed by atoms with Gasteiger partial charge in [-0.25, -0.2) is 18.7 Å². The fourth-order valence-electron chi connectivity index (χ4n) is 3.15. The van der Waals surface area contributed by atoms with Gasteiger partial charge in [0.1, 0.15) is 17.3 Å². The van der Waals surface area contributed by atoms with Crippen LogP contribution < -0.4 is 9.80 Å². The minimum Gasteiger partial charge on any atom is -0.339 e. The van der Waals surface area contributed by atoms with E-state index in [1.807, 2.05) is 4.90 Å². The number of aromatic nitrogens is 2. The van der Waals surface area contributed by atoms with Gasteiger partial charge in [0, 0.05) is 58.5 Å². The average molecular weight is 389 g/mol. The van der Waals surface area contributed by atoms with E-state index in [4.69, 9.17) is 0 Å². The Morgan fingerprint density at radius 2 is 1.64 bits per heavy atom. The maximum absolute atomic E-state index is 14.0. The Labute approximate surface area is 161 Å². The molecule has 1 aliphatic heterocycles. The van der Waals surface area contributed by atoms with Crippen LogP contribution in [-0.4, -0.2) is 59.4 Å². The summed E-state index contributed by atoms with van der Waals surface area (Å²) in [6.45, 7) is 3.29. The smallest absolute Gasteiger partial charge is 0.225 e. The molecule has 1 aliphatic rings. The summed E-state index contributed by atoms with van der Waals surface area (Å²) >= 11 is 0. The van der Waals surface area contributed by atoms with E-state index in [1.54, 1.807) is 23.4 Å². The van der Waals surface area contributed by atoms with Gasteiger partial charge in [-0.3, -0.25) is 9.59 Å². The molecule has 1 aromatic carbocycles. The monoisotopic (exact) mass is 389 g/mol. The number of hydrogen-bond donors (Lipinski definition) is 0. The third-order valence-electron chi connectivity index (χ3n) is 4.60. The molecule has 1 fully saturated rings. The van der Waals surface area contributed by atoms with Crippen molar-refractivity contribution in [2.45, 2.75) is 13.3 Å². The van der Waals surface area contributed by atoms with Crippen molar-refractivity contribution in [3.8, 4) is 0 Å². The zero-order valence-electron chi connectivity index (χ0n) is 15.5. The minimum absolute atomic E-state index is 0.0187. The molecule has 1 aromatic heterocycles. The number of para-hydroxylation sites is 1. The van der Waals surface area contributed by atoms with Gasteiger partial charge in [0.2, 0.25) is 17.8 Å². The van der Waals surface area contributed by atoms with Crippen molar-refractivity contribution in [1.29, 1.82) is 0 Å². The molecule has 2 aromatic rings. The Morgan fingerprint density at radius 1 is 1.04 bits per heavy atom. The molecule has 28 heavy (non-hydrogen) atoms. The lowest BCUT2D eigenvalue weighted by molar-refractivity contribution is -0.131. The van der Waals surface area contributed by atoms with Crippen LogP contribution in [0.5, 0.6) is 0 Å². The summed E-state index contributed by atoms with van der Waals surface area (Å²) in [7, 11) is 0. The summed E-state index contributed by atoms with van der Waals surface area (Å²) in [4.78, 5) is 37.4. The Bertz CT molecular complexity index is 821. The number of carbonyl (C=O) groups is 2. The van der Waals surface area contributed by atoms with E-state index < -0.39 is 23.2 Å². The number of halogens is 2. The molecule has 9 heteroatoms. The number of anilines is 2. The lowest BCUT2D eigenvalue weighted by Gasteiger charge is -2.35. The summed E-state index contributed by atoms with van der Waals surface area (Å²) in [6, 6.07) is 5.14. The summed E-state index contributed by atoms with van der Waals surface area (Å²) in [5.74, 6) is -1.75. The van der Waals surface area contributed by atoms with Gasteiger partial charge in [0.05, 0.1) is 0 Å². The van der Waals surface area contributed by atoms with Crippen molar-refractivity contribution in [2.24, 2.45) is 0 Å². The molecule has 2 amide bonds. The Hall–Kier alpha value is -3.10. The van der Waals surface area contributed by atoms with E-state index in [2.05, 4.69) is 9.97 Å². The molecule has 1 saturated heterocycles. The normalized spacial score (nSPS) is 14.1. The second kappa shape index (κ2) is 8.73. The van der Waals surface area contributed by atoms with Crippen molar-refractivity contribution in [2.75, 3.05) is 42.5 Å². The van der Waals surface area contributed by atoms with E-state index >= 15 is 0 Å². The molecule has 0 saturated carbocycles. The number of piperazine rings is 1. The maximum Gasteiger partial charge on any atom is 0.225 e. The van der Waals surface area contributed by atoms with E-state index in [9.17, 15) is 18.4 Å². The number of nitrogens with zero attached hydrogens (tertiary/aromatic N) is 5. The van der Waals surface area contributed by atoms with Crippen molar-refractivity contribution >= 4 is 23.5 Å². The molecule has 0 bridgehead atoms. The molecule has 0 N–H and O–H groups in total. The lowest BCUT2D eigenvalue weighted by atomic mass is 10.2. The predicted octanol–water partition coefficient (Wildman–Crippen LogP) is 1.85. The van der Waals surface area contributed by atoms with Crippen molar-refractivity contribution in [3.63, 3.8) is 0 Å². The molecule has 3 rings (SSSR count). The zero-order chi connectivity index (χ0) is 20.1. The highest BCUT2D eigenvalue weighted by Gasteiger charge is 2.25. The Balaban J connectivity index is 1.58. The fourth-order valence-corrected chi connectivity index (χ4v) is 3.15. The third kappa shape index (κ3) is 4.41. The first-order valence-corrected chi connectivity index (χ1v) is 8.99. The summed E-state index contributed by atoms with van der Waals surface area (Å²) in [5, 5.41) is 0. The highest BCUT2D eigenvalue weighted by Crippen LogP contribution is 2.24. The van der Waals surface area contributed by atoms with Crippen LogP contribution in [0.2, 0.25) is 0 Å². The minimum atomic E-state index is -0.834. The number of benzene rings is 1. The molecule has 0 unspecified atom stereocenters. The average Bonchev–Trinajstić information content (AvgIpc) is 2.70. The predicted molar refractivity (Wildman–Crippen MR) is 99.8 cm³/mol. The fraction of sp³-hybridized carbons (Fsp3) is 0.368. The van der Waals surface area contributed by atoms with Gasteiger partial charge in [0.25, 0.3) is 0 Å². The Morgan fingerprint density at radius 3 is 2.21 bits per heavy atom. The van der Waals surface area contributed by atoms with Crippen LogP contribution in [0.4, 0.5) is 20.4 Å². The van der Waals surface area contributed by atoms with Gasteiger partial charge in [-0.1, -0.05) is 6.07 Å². The third-order valence-corrected chi connectivity index (χ3v) is 4.60. The molecule has 7 nitrogen and oxygen atoms in total. The van der Waals surface area contributed by atoms with Gasteiger partial charge in [0.15, 0.2) is 0 Å². The van der Waals surface area contributed by atoms with E-state index in [0.717, 1.165) is 17.0 Å². The molecule has 0 aliphatic carbocycles. The molecule has 0 spiro atoms. The number of rotatable bonds is 5. The second-order valence-electron chi connectivity index (χ2n) is 6.41. The van der Waals surface area contributed by atoms with Crippen molar-refractivity contribution < 1.29 is 18.4 Å². The van der Waals surface area contributed by atoms with Crippen molar-refractivity contribution in [1.82, 2.24) is 14.9 Å². The number of carbonyl (C=O) groups excluding carboxylic acids is 2. The molecule has 148 valence electrons. The van der Waals surface area contributed by atoms with Crippen LogP contribution >= 0.6 is 0 Å². The van der Waals surface area contributed by atoms with Gasteiger partial charge in [-0.2, -0.15) is 0 Å². The second-order valence-corrected chi connectivity index (χ2v) is 6.41. The van der Waals surface area contributed by atoms with Crippen LogP contribution in [0.1, 0.15) is 13.3 Å². The SMILES string of the molecule is CC(=O)N(CCC(=O)N1CCN(c2ncccn2)CC1)c1c(F)cccc1F. The quantitative estimate of drug-likeness (QED) is 0.781. The highest BCUT2D eigenvalue weighted by atomic mass is 19.1. The molecular formula is C19H21F2N5O2. The van der Waals surface area contributed by atoms with E-state index in [0.29, 0.717) is 32.1 Å². The zero-order valence-corrected chi connectivity index (χ0v) is 15.5. The van der Waals surface area contributed by atoms with Crippen LogP contribution in [-0.2, 0) is 9.59 Å². The van der Waals surface area contributed by atoms with Crippen LogP contribution in [0, 0.1) is 11.6 Å². The van der Waals surface area contributed by atoms with Crippen LogP contribution in [0.15, 0.2) is 36.7 Å². The maximum atomic E-state index is 14.0. The van der Waals surface area contributed by atoms with Gasteiger partial charge >= 0.3 is 0 Å². The molecule has 0 atom stereocenters. The van der Waals surface area contributed by atoms with E-state index in [-0.39, 0.29) is 18.9 Å². The van der Waals surface area contributed by atoms with Gasteiger partial charge in [-0.05, 0) is 18.2 Å². The standard InChI is InChI=1S/C19H21F2N5O2/c1-14(27)26(18-15(20)4-2-5-16(18)21)9-6-17(28)24-10-12-25(13-11-24)19-22-7-3-8-23-19/h2-5,7-8H,6,9-13H2,1H3. The summed E-state index contributed by atoms with van der Waals surface area (Å²) in [5.41, 5.74) is -0.422. The molecular weight excluding hydrogens is 368 g/mol.